The molecule has 6 aromatic carbocycles. The molecule has 18 nitrogen and oxygen atoms in total. The van der Waals surface area contributed by atoms with E-state index in [0.29, 0.717) is 19.3 Å². The van der Waals surface area contributed by atoms with Crippen molar-refractivity contribution < 1.29 is 57.3 Å². The van der Waals surface area contributed by atoms with Gasteiger partial charge in [0.1, 0.15) is 53.9 Å². The van der Waals surface area contributed by atoms with Crippen LogP contribution in [0.3, 0.4) is 0 Å². The summed E-state index contributed by atoms with van der Waals surface area (Å²) < 4.78 is 39.9. The Morgan fingerprint density at radius 2 is 0.643 bits per heavy atom. The molecule has 3 aromatic heterocycles. The zero-order valence-corrected chi connectivity index (χ0v) is 45.1. The SMILES string of the molecule is O=C(CCc1c(-c2ccc(F)cc2)[nH]c2ccccc12)N[C@@H]1C(=O)NC[C@@H]1O.O=C(CCc1c(-c2ccc(F)cc2)[nH]c2ccccc12)N[C@H]1C(=O)NC[C@@H]1O.O=C(CCc1c(-c2ccc(F)cc2)[nH]c2ccccc12)N[C@H]1C(=O)NC[C@H]1O. The third-order valence-corrected chi connectivity index (χ3v) is 15.1. The van der Waals surface area contributed by atoms with Crippen LogP contribution in [-0.2, 0) is 48.0 Å². The predicted octanol–water partition coefficient (Wildman–Crippen LogP) is 5.65. The number of para-hydroxylation sites is 3. The third-order valence-electron chi connectivity index (χ3n) is 15.1. The van der Waals surface area contributed by atoms with Crippen LogP contribution >= 0.6 is 0 Å². The second-order valence-electron chi connectivity index (χ2n) is 20.7. The number of hydrogen-bond acceptors (Lipinski definition) is 9. The molecule has 6 atom stereocenters. The molecule has 6 amide bonds. The number of H-pyrrole nitrogens is 3. The van der Waals surface area contributed by atoms with E-state index in [-0.39, 0.29) is 91.8 Å². The van der Waals surface area contributed by atoms with Gasteiger partial charge in [-0.3, -0.25) is 28.8 Å². The Balaban J connectivity index is 0.000000140. The summed E-state index contributed by atoms with van der Waals surface area (Å²) in [5, 5.41) is 47.7. The van der Waals surface area contributed by atoms with E-state index in [1.807, 2.05) is 72.8 Å². The number of aryl methyl sites for hydroxylation is 3. The largest absolute Gasteiger partial charge is 0.389 e. The van der Waals surface area contributed by atoms with Gasteiger partial charge in [-0.25, -0.2) is 13.2 Å². The highest BCUT2D eigenvalue weighted by Gasteiger charge is 2.36. The van der Waals surface area contributed by atoms with E-state index < -0.39 is 36.4 Å². The number of amides is 6. The van der Waals surface area contributed by atoms with E-state index in [2.05, 4.69) is 46.9 Å². The Hall–Kier alpha value is -9.57. The van der Waals surface area contributed by atoms with Crippen molar-refractivity contribution in [2.45, 2.75) is 75.0 Å². The Morgan fingerprint density at radius 3 is 0.881 bits per heavy atom. The lowest BCUT2D eigenvalue weighted by molar-refractivity contribution is -0.128. The van der Waals surface area contributed by atoms with Crippen LogP contribution in [0.2, 0.25) is 0 Å². The van der Waals surface area contributed by atoms with Crippen LogP contribution in [0.5, 0.6) is 0 Å². The second-order valence-corrected chi connectivity index (χ2v) is 20.7. The number of nitrogens with one attached hydrogen (secondary N) is 9. The fraction of sp³-hybridized carbons (Fsp3) is 0.238. The first-order valence-electron chi connectivity index (χ1n) is 27.4. The zero-order chi connectivity index (χ0) is 59.0. The third kappa shape index (κ3) is 13.2. The van der Waals surface area contributed by atoms with Crippen molar-refractivity contribution in [1.82, 2.24) is 46.9 Å². The van der Waals surface area contributed by atoms with Gasteiger partial charge in [0.25, 0.3) is 0 Å². The molecule has 0 aliphatic carbocycles. The second kappa shape index (κ2) is 25.7. The van der Waals surface area contributed by atoms with Crippen molar-refractivity contribution in [3.8, 4) is 33.8 Å². The number of halogens is 3. The van der Waals surface area contributed by atoms with E-state index in [0.717, 1.165) is 83.2 Å². The van der Waals surface area contributed by atoms with Crippen LogP contribution in [0.4, 0.5) is 13.2 Å². The smallest absolute Gasteiger partial charge is 0.245 e. The fourth-order valence-electron chi connectivity index (χ4n) is 10.7. The normalized spacial score (nSPS) is 19.0. The molecule has 84 heavy (non-hydrogen) atoms. The summed E-state index contributed by atoms with van der Waals surface area (Å²) in [6.45, 7) is 0.419. The molecule has 0 bridgehead atoms. The molecule has 0 radical (unpaired) electrons. The highest BCUT2D eigenvalue weighted by molar-refractivity contribution is 5.96. The Kier molecular flexibility index (Phi) is 17.6. The molecule has 3 saturated heterocycles. The number of rotatable bonds is 15. The van der Waals surface area contributed by atoms with Crippen LogP contribution in [0.25, 0.3) is 66.5 Å². The number of β-amino-alcohol motifs (C(OH)–C–C–N with tert-alkyl or cyclic N) is 3. The lowest BCUT2D eigenvalue weighted by Crippen LogP contribution is -2.45. The summed E-state index contributed by atoms with van der Waals surface area (Å²) in [7, 11) is 0. The number of aliphatic hydroxyl groups excluding tert-OH is 3. The maximum absolute atomic E-state index is 13.3. The molecule has 0 saturated carbocycles. The summed E-state index contributed by atoms with van der Waals surface area (Å²) in [5.74, 6) is -2.98. The van der Waals surface area contributed by atoms with Crippen molar-refractivity contribution in [3.63, 3.8) is 0 Å². The highest BCUT2D eigenvalue weighted by Crippen LogP contribution is 2.34. The molecule has 3 aliphatic heterocycles. The van der Waals surface area contributed by atoms with Crippen LogP contribution in [0, 0.1) is 17.5 Å². The molecule has 9 aromatic rings. The molecular weight excluding hydrogens is 1080 g/mol. The number of carbonyl (C=O) groups is 6. The predicted molar refractivity (Wildman–Crippen MR) is 309 cm³/mol. The van der Waals surface area contributed by atoms with E-state index in [1.165, 1.54) is 36.4 Å². The summed E-state index contributed by atoms with van der Waals surface area (Å²) in [6.07, 6.45) is -0.962. The van der Waals surface area contributed by atoms with Crippen molar-refractivity contribution in [1.29, 1.82) is 0 Å². The molecule has 12 N–H and O–H groups in total. The lowest BCUT2D eigenvalue weighted by atomic mass is 10.0. The van der Waals surface area contributed by atoms with Gasteiger partial charge in [0.05, 0.1) is 0 Å². The molecular formula is C63H60F3N9O9. The van der Waals surface area contributed by atoms with Crippen LogP contribution < -0.4 is 31.9 Å². The number of carbonyl (C=O) groups excluding carboxylic acids is 6. The van der Waals surface area contributed by atoms with E-state index in [1.54, 1.807) is 36.4 Å². The van der Waals surface area contributed by atoms with E-state index in [9.17, 15) is 57.3 Å². The number of benzene rings is 6. The maximum Gasteiger partial charge on any atom is 0.245 e. The minimum atomic E-state index is -0.917. The minimum Gasteiger partial charge on any atom is -0.389 e. The van der Waals surface area contributed by atoms with E-state index in [4.69, 9.17) is 0 Å². The first kappa shape index (κ1) is 57.7. The Morgan fingerprint density at radius 1 is 0.393 bits per heavy atom. The minimum absolute atomic E-state index is 0.140. The summed E-state index contributed by atoms with van der Waals surface area (Å²) in [4.78, 5) is 82.1. The zero-order valence-electron chi connectivity index (χ0n) is 45.1. The fourth-order valence-corrected chi connectivity index (χ4v) is 10.7. The Bertz CT molecular complexity index is 3490. The van der Waals surface area contributed by atoms with Crippen LogP contribution in [0.15, 0.2) is 146 Å². The molecule has 0 spiro atoms. The van der Waals surface area contributed by atoms with Gasteiger partial charge in [-0.1, -0.05) is 54.6 Å². The topological polar surface area (TPSA) is 283 Å². The number of fused-ring (bicyclic) bond motifs is 3. The van der Waals surface area contributed by atoms with Gasteiger partial charge in [-0.2, -0.15) is 0 Å². The maximum atomic E-state index is 13.3. The van der Waals surface area contributed by atoms with Gasteiger partial charge in [-0.05, 0) is 144 Å². The number of aromatic nitrogens is 3. The standard InChI is InChI=1S/3C21H20FN3O3/c3*22-13-7-5-12(6-8-13)19-15(14-3-1-2-4-16(14)24-19)9-10-18(27)25-20-17(26)11-23-21(20)28/h3*1-8,17,20,24,26H,9-11H2,(H,23,28)(H,25,27)/t17-,20+;2*17-,20-/m010/s1. The molecule has 21 heteroatoms. The van der Waals surface area contributed by atoms with Gasteiger partial charge in [0.15, 0.2) is 0 Å². The lowest BCUT2D eigenvalue weighted by Gasteiger charge is -2.13. The molecule has 3 fully saturated rings. The summed E-state index contributed by atoms with van der Waals surface area (Å²) in [6, 6.07) is 39.2. The van der Waals surface area contributed by atoms with Gasteiger partial charge < -0.3 is 62.2 Å². The molecule has 12 rings (SSSR count). The van der Waals surface area contributed by atoms with Crippen molar-refractivity contribution in [2.24, 2.45) is 0 Å². The number of aliphatic hydroxyl groups is 3. The van der Waals surface area contributed by atoms with Gasteiger partial charge in [0.2, 0.25) is 35.4 Å². The summed E-state index contributed by atoms with van der Waals surface area (Å²) >= 11 is 0. The van der Waals surface area contributed by atoms with Crippen molar-refractivity contribution in [3.05, 3.63) is 180 Å². The highest BCUT2D eigenvalue weighted by atomic mass is 19.1. The average Bonchev–Trinajstić information content (AvgIpc) is 3.45. The van der Waals surface area contributed by atoms with Crippen LogP contribution in [-0.4, -0.2) is 122 Å². The van der Waals surface area contributed by atoms with Crippen LogP contribution in [0.1, 0.15) is 36.0 Å². The Labute approximate surface area is 478 Å². The molecule has 3 aliphatic rings. The first-order chi connectivity index (χ1) is 40.6. The molecule has 6 heterocycles. The number of aromatic amines is 3. The van der Waals surface area contributed by atoms with Gasteiger partial charge in [0, 0.05) is 88.7 Å². The van der Waals surface area contributed by atoms with Crippen molar-refractivity contribution in [2.75, 3.05) is 19.6 Å². The monoisotopic (exact) mass is 1140 g/mol. The van der Waals surface area contributed by atoms with E-state index >= 15 is 0 Å². The molecule has 0 unspecified atom stereocenters. The molecule has 432 valence electrons. The number of hydrogen-bond donors (Lipinski definition) is 12. The van der Waals surface area contributed by atoms with Crippen molar-refractivity contribution >= 4 is 68.2 Å². The summed E-state index contributed by atoms with van der Waals surface area (Å²) in [5.41, 5.74) is 10.7. The van der Waals surface area contributed by atoms with Gasteiger partial charge >= 0.3 is 0 Å². The van der Waals surface area contributed by atoms with Gasteiger partial charge in [-0.15, -0.1) is 0 Å². The first-order valence-corrected chi connectivity index (χ1v) is 27.4. The quantitative estimate of drug-likeness (QED) is 0.0604. The average molecular weight is 1140 g/mol.